The highest BCUT2D eigenvalue weighted by atomic mass is 16.2. The van der Waals surface area contributed by atoms with Crippen LogP contribution in [0.1, 0.15) is 37.7 Å². The van der Waals surface area contributed by atoms with Gasteiger partial charge in [0, 0.05) is 71.0 Å². The Morgan fingerprint density at radius 2 is 1.93 bits per heavy atom. The Morgan fingerprint density at radius 1 is 1.20 bits per heavy atom. The van der Waals surface area contributed by atoms with Gasteiger partial charge >= 0.3 is 0 Å². The predicted octanol–water partition coefficient (Wildman–Crippen LogP) is 1.19. The number of nitrogens with one attached hydrogen (secondary N) is 2. The van der Waals surface area contributed by atoms with Crippen molar-refractivity contribution in [3.05, 3.63) is 29.8 Å². The number of likely N-dealkylation sites (tertiary alicyclic amines) is 1. The third-order valence-corrected chi connectivity index (χ3v) is 6.82. The topological polar surface area (TPSA) is 67.9 Å². The van der Waals surface area contributed by atoms with Crippen LogP contribution in [0.5, 0.6) is 0 Å². The molecule has 2 amide bonds. The molecule has 3 fully saturated rings. The largest absolute Gasteiger partial charge is 0.378 e. The molecule has 0 bridgehead atoms. The molecule has 3 aliphatic heterocycles. The van der Waals surface area contributed by atoms with Crippen molar-refractivity contribution < 1.29 is 9.59 Å². The van der Waals surface area contributed by atoms with E-state index in [4.69, 9.17) is 0 Å². The Bertz CT molecular complexity index is 744. The van der Waals surface area contributed by atoms with Crippen molar-refractivity contribution in [3.8, 4) is 0 Å². The maximum Gasteiger partial charge on any atom is 0.237 e. The first kappa shape index (κ1) is 21.1. The second-order valence-electron chi connectivity index (χ2n) is 9.11. The quantitative estimate of drug-likeness (QED) is 0.703. The smallest absolute Gasteiger partial charge is 0.237 e. The zero-order valence-electron chi connectivity index (χ0n) is 18.3. The first-order valence-corrected chi connectivity index (χ1v) is 11.3. The summed E-state index contributed by atoms with van der Waals surface area (Å²) in [4.78, 5) is 31.3. The van der Waals surface area contributed by atoms with E-state index in [1.807, 2.05) is 19.0 Å². The summed E-state index contributed by atoms with van der Waals surface area (Å²) in [6.07, 6.45) is 4.50. The number of amides is 2. The van der Waals surface area contributed by atoms with Crippen LogP contribution in [0.3, 0.4) is 0 Å². The van der Waals surface area contributed by atoms with Gasteiger partial charge in [0.05, 0.1) is 6.04 Å². The highest BCUT2D eigenvalue weighted by Gasteiger charge is 2.43. The Balaban J connectivity index is 1.29. The van der Waals surface area contributed by atoms with E-state index >= 15 is 0 Å². The second-order valence-corrected chi connectivity index (χ2v) is 9.11. The van der Waals surface area contributed by atoms with Gasteiger partial charge in [-0.3, -0.25) is 14.5 Å². The molecule has 0 aromatic heterocycles. The lowest BCUT2D eigenvalue weighted by Gasteiger charge is -2.37. The fourth-order valence-corrected chi connectivity index (χ4v) is 4.98. The Hall–Kier alpha value is -2.12. The molecule has 164 valence electrons. The highest BCUT2D eigenvalue weighted by molar-refractivity contribution is 5.83. The molecule has 0 unspecified atom stereocenters. The van der Waals surface area contributed by atoms with Crippen LogP contribution in [0.2, 0.25) is 0 Å². The lowest BCUT2D eigenvalue weighted by Crippen LogP contribution is -2.58. The van der Waals surface area contributed by atoms with Crippen LogP contribution < -0.4 is 15.5 Å². The van der Waals surface area contributed by atoms with Crippen LogP contribution >= 0.6 is 0 Å². The Morgan fingerprint density at radius 3 is 2.63 bits per heavy atom. The predicted molar refractivity (Wildman–Crippen MR) is 118 cm³/mol. The molecule has 7 heteroatoms. The minimum Gasteiger partial charge on any atom is -0.378 e. The second kappa shape index (κ2) is 9.35. The third-order valence-electron chi connectivity index (χ3n) is 6.82. The number of rotatable bonds is 7. The van der Waals surface area contributed by atoms with Crippen molar-refractivity contribution in [2.24, 2.45) is 0 Å². The standard InChI is InChI=1S/C23H35N5O2/c1-26(2)19-7-5-17(6-8-19)14-24-18-13-21-23(30)25-15-20(28(21)16-18)9-10-22(29)27-11-3-4-12-27/h5-8,18,20-21,24H,3-4,9-16H2,1-2H3,(H,25,30)/t18-,20+,21-/m0/s1. The van der Waals surface area contributed by atoms with Gasteiger partial charge in [0.25, 0.3) is 0 Å². The van der Waals surface area contributed by atoms with Gasteiger partial charge in [0.1, 0.15) is 0 Å². The summed E-state index contributed by atoms with van der Waals surface area (Å²) >= 11 is 0. The van der Waals surface area contributed by atoms with E-state index in [1.54, 1.807) is 0 Å². The normalized spacial score (nSPS) is 26.5. The number of fused-ring (bicyclic) bond motifs is 1. The summed E-state index contributed by atoms with van der Waals surface area (Å²) < 4.78 is 0. The minimum absolute atomic E-state index is 0.0701. The van der Waals surface area contributed by atoms with Crippen molar-refractivity contribution in [2.75, 3.05) is 45.2 Å². The van der Waals surface area contributed by atoms with Gasteiger partial charge < -0.3 is 20.4 Å². The maximum absolute atomic E-state index is 12.4. The van der Waals surface area contributed by atoms with E-state index in [9.17, 15) is 9.59 Å². The van der Waals surface area contributed by atoms with E-state index in [0.29, 0.717) is 19.0 Å². The Kier molecular flexibility index (Phi) is 6.58. The van der Waals surface area contributed by atoms with E-state index in [2.05, 4.69) is 44.7 Å². The molecule has 1 aromatic carbocycles. The number of hydrogen-bond acceptors (Lipinski definition) is 5. The van der Waals surface area contributed by atoms with Crippen LogP contribution in [-0.2, 0) is 16.1 Å². The minimum atomic E-state index is -0.0701. The number of anilines is 1. The summed E-state index contributed by atoms with van der Waals surface area (Å²) in [5.74, 6) is 0.410. The molecular weight excluding hydrogens is 378 g/mol. The monoisotopic (exact) mass is 413 g/mol. The maximum atomic E-state index is 12.4. The van der Waals surface area contributed by atoms with Gasteiger partial charge in [-0.2, -0.15) is 0 Å². The molecule has 3 heterocycles. The van der Waals surface area contributed by atoms with Gasteiger partial charge in [-0.25, -0.2) is 0 Å². The average Bonchev–Trinajstić information content (AvgIpc) is 3.42. The van der Waals surface area contributed by atoms with Crippen molar-refractivity contribution in [2.45, 2.75) is 56.8 Å². The number of carbonyl (C=O) groups excluding carboxylic acids is 2. The van der Waals surface area contributed by atoms with Gasteiger partial charge in [0.2, 0.25) is 11.8 Å². The molecule has 3 saturated heterocycles. The van der Waals surface area contributed by atoms with Gasteiger partial charge in [-0.1, -0.05) is 12.1 Å². The molecule has 4 rings (SSSR count). The van der Waals surface area contributed by atoms with Crippen LogP contribution in [0.25, 0.3) is 0 Å². The van der Waals surface area contributed by atoms with Crippen molar-refractivity contribution >= 4 is 17.5 Å². The van der Waals surface area contributed by atoms with Gasteiger partial charge in [0.15, 0.2) is 0 Å². The molecule has 3 aliphatic rings. The molecule has 0 aliphatic carbocycles. The summed E-state index contributed by atoms with van der Waals surface area (Å²) in [5.41, 5.74) is 2.45. The van der Waals surface area contributed by atoms with Crippen LogP contribution in [0.4, 0.5) is 5.69 Å². The average molecular weight is 414 g/mol. The van der Waals surface area contributed by atoms with E-state index in [-0.39, 0.29) is 23.9 Å². The van der Waals surface area contributed by atoms with Crippen molar-refractivity contribution in [3.63, 3.8) is 0 Å². The van der Waals surface area contributed by atoms with E-state index < -0.39 is 0 Å². The summed E-state index contributed by atoms with van der Waals surface area (Å²) in [6, 6.07) is 9.06. The van der Waals surface area contributed by atoms with Crippen LogP contribution in [-0.4, -0.2) is 80.0 Å². The van der Waals surface area contributed by atoms with E-state index in [1.165, 1.54) is 11.3 Å². The van der Waals surface area contributed by atoms with Crippen LogP contribution in [0.15, 0.2) is 24.3 Å². The molecule has 0 spiro atoms. The molecule has 0 saturated carbocycles. The molecular formula is C23H35N5O2. The number of nitrogens with zero attached hydrogens (tertiary/aromatic N) is 3. The fraction of sp³-hybridized carbons (Fsp3) is 0.652. The van der Waals surface area contributed by atoms with E-state index in [0.717, 1.165) is 51.9 Å². The number of benzene rings is 1. The van der Waals surface area contributed by atoms with Crippen molar-refractivity contribution in [1.29, 1.82) is 0 Å². The highest BCUT2D eigenvalue weighted by Crippen LogP contribution is 2.26. The lowest BCUT2D eigenvalue weighted by atomic mass is 10.0. The summed E-state index contributed by atoms with van der Waals surface area (Å²) in [7, 11) is 4.09. The van der Waals surface area contributed by atoms with Crippen LogP contribution in [0, 0.1) is 0 Å². The first-order valence-electron chi connectivity index (χ1n) is 11.3. The Labute approximate surface area is 179 Å². The molecule has 2 N–H and O–H groups in total. The zero-order chi connectivity index (χ0) is 21.1. The van der Waals surface area contributed by atoms with Crippen molar-refractivity contribution in [1.82, 2.24) is 20.4 Å². The lowest BCUT2D eigenvalue weighted by molar-refractivity contribution is -0.131. The van der Waals surface area contributed by atoms with Gasteiger partial charge in [-0.15, -0.1) is 0 Å². The SMILES string of the molecule is CN(C)c1ccc(CN[C@H]2C[C@H]3C(=O)NC[C@@H](CCC(=O)N4CCCC4)N3C2)cc1. The zero-order valence-corrected chi connectivity index (χ0v) is 18.3. The van der Waals surface area contributed by atoms with Gasteiger partial charge in [-0.05, 0) is 43.4 Å². The molecule has 0 radical (unpaired) electrons. The molecule has 1 aromatic rings. The summed E-state index contributed by atoms with van der Waals surface area (Å²) in [5, 5.41) is 6.71. The number of hydrogen-bond donors (Lipinski definition) is 2. The molecule has 30 heavy (non-hydrogen) atoms. The summed E-state index contributed by atoms with van der Waals surface area (Å²) in [6.45, 7) is 4.15. The first-order chi connectivity index (χ1) is 14.5. The number of piperazine rings is 1. The number of carbonyl (C=O) groups is 2. The third kappa shape index (κ3) is 4.78. The molecule has 7 nitrogen and oxygen atoms in total. The fourth-order valence-electron chi connectivity index (χ4n) is 4.98. The molecule has 3 atom stereocenters.